The van der Waals surface area contributed by atoms with Gasteiger partial charge >= 0.3 is 0 Å². The van der Waals surface area contributed by atoms with Crippen molar-refractivity contribution in [3.63, 3.8) is 0 Å². The van der Waals surface area contributed by atoms with Crippen LogP contribution in [0.3, 0.4) is 0 Å². The number of hydrogen-bond acceptors (Lipinski definition) is 4. The average molecular weight is 427 g/mol. The molecule has 4 aromatic rings. The van der Waals surface area contributed by atoms with Gasteiger partial charge in [0.1, 0.15) is 0 Å². The second-order valence-corrected chi connectivity index (χ2v) is 8.08. The Morgan fingerprint density at radius 2 is 0.969 bits per heavy atom. The van der Waals surface area contributed by atoms with E-state index in [1.54, 1.807) is 0 Å². The fourth-order valence-corrected chi connectivity index (χ4v) is 3.73. The third-order valence-electron chi connectivity index (χ3n) is 5.56. The van der Waals surface area contributed by atoms with E-state index in [2.05, 4.69) is 36.4 Å². The number of hydrogen-bond donors (Lipinski definition) is 2. The second-order valence-electron chi connectivity index (χ2n) is 8.08. The third-order valence-corrected chi connectivity index (χ3v) is 5.56. The summed E-state index contributed by atoms with van der Waals surface area (Å²) in [4.78, 5) is 0. The van der Waals surface area contributed by atoms with E-state index in [0.717, 1.165) is 22.3 Å². The van der Waals surface area contributed by atoms with Crippen molar-refractivity contribution in [2.75, 3.05) is 13.2 Å². The van der Waals surface area contributed by atoms with Crippen molar-refractivity contribution in [1.29, 1.82) is 0 Å². The highest BCUT2D eigenvalue weighted by Crippen LogP contribution is 2.20. The van der Waals surface area contributed by atoms with E-state index in [9.17, 15) is 0 Å². The largest absolute Gasteiger partial charge is 0.375 e. The van der Waals surface area contributed by atoms with Crippen LogP contribution < -0.4 is 11.5 Å². The molecule has 0 unspecified atom stereocenters. The van der Waals surface area contributed by atoms with E-state index in [1.165, 1.54) is 10.8 Å². The van der Waals surface area contributed by atoms with Crippen LogP contribution in [0, 0.1) is 0 Å². The summed E-state index contributed by atoms with van der Waals surface area (Å²) in [6, 6.07) is 32.6. The number of rotatable bonds is 10. The van der Waals surface area contributed by atoms with Gasteiger partial charge < -0.3 is 20.9 Å². The predicted octanol–water partition coefficient (Wildman–Crippen LogP) is 5.27. The summed E-state index contributed by atoms with van der Waals surface area (Å²) in [7, 11) is 0. The summed E-state index contributed by atoms with van der Waals surface area (Å²) in [5.41, 5.74) is 16.9. The van der Waals surface area contributed by atoms with Crippen molar-refractivity contribution < 1.29 is 9.47 Å². The molecule has 0 aliphatic rings. The van der Waals surface area contributed by atoms with Gasteiger partial charge in [-0.25, -0.2) is 0 Å². The Morgan fingerprint density at radius 3 is 1.41 bits per heavy atom. The molecule has 2 atom stereocenters. The molecule has 0 amide bonds. The molecule has 0 bridgehead atoms. The lowest BCUT2D eigenvalue weighted by atomic mass is 10.0. The summed E-state index contributed by atoms with van der Waals surface area (Å²) in [5.74, 6) is 0. The highest BCUT2D eigenvalue weighted by molar-refractivity contribution is 5.83. The molecule has 32 heavy (non-hydrogen) atoms. The zero-order valence-corrected chi connectivity index (χ0v) is 18.2. The molecular formula is C28H30N2O2. The van der Waals surface area contributed by atoms with Crippen molar-refractivity contribution in [3.05, 3.63) is 119 Å². The molecule has 4 aromatic carbocycles. The first-order valence-electron chi connectivity index (χ1n) is 11.0. The monoisotopic (exact) mass is 426 g/mol. The molecule has 0 aromatic heterocycles. The van der Waals surface area contributed by atoms with Crippen LogP contribution in [0.2, 0.25) is 0 Å². The molecule has 0 aliphatic carbocycles. The average Bonchev–Trinajstić information content (AvgIpc) is 2.85. The minimum absolute atomic E-state index is 0.123. The zero-order chi connectivity index (χ0) is 22.2. The van der Waals surface area contributed by atoms with Crippen molar-refractivity contribution in [1.82, 2.24) is 0 Å². The molecule has 0 saturated heterocycles. The van der Waals surface area contributed by atoms with E-state index < -0.39 is 0 Å². The molecule has 0 radical (unpaired) electrons. The molecule has 4 N–H and O–H groups in total. The number of ether oxygens (including phenoxy) is 2. The van der Waals surface area contributed by atoms with Crippen LogP contribution in [0.5, 0.6) is 0 Å². The Labute approximate surface area is 189 Å². The summed E-state index contributed by atoms with van der Waals surface area (Å²) >= 11 is 0. The molecule has 4 nitrogen and oxygen atoms in total. The van der Waals surface area contributed by atoms with Gasteiger partial charge in [-0.1, -0.05) is 84.9 Å². The van der Waals surface area contributed by atoms with Crippen LogP contribution in [0.1, 0.15) is 34.3 Å². The molecule has 164 valence electrons. The molecule has 0 spiro atoms. The molecular weight excluding hydrogens is 396 g/mol. The Hall–Kier alpha value is -3.02. The lowest BCUT2D eigenvalue weighted by Gasteiger charge is -2.14. The fraction of sp³-hybridized carbons (Fsp3) is 0.214. The Morgan fingerprint density at radius 1 is 0.531 bits per heavy atom. The van der Waals surface area contributed by atoms with Gasteiger partial charge in [0.15, 0.2) is 0 Å². The Kier molecular flexibility index (Phi) is 7.64. The van der Waals surface area contributed by atoms with E-state index in [-0.39, 0.29) is 12.1 Å². The summed E-state index contributed by atoms with van der Waals surface area (Å²) in [6.45, 7) is 2.03. The minimum atomic E-state index is -0.123. The normalized spacial score (nSPS) is 13.2. The van der Waals surface area contributed by atoms with Gasteiger partial charge in [-0.05, 0) is 45.2 Å². The van der Waals surface area contributed by atoms with Gasteiger partial charge in [-0.15, -0.1) is 0 Å². The molecule has 0 aliphatic heterocycles. The first-order valence-corrected chi connectivity index (χ1v) is 11.0. The van der Waals surface area contributed by atoms with Crippen LogP contribution in [0.15, 0.2) is 97.1 Å². The number of benzene rings is 4. The molecule has 4 heteroatoms. The van der Waals surface area contributed by atoms with Crippen molar-refractivity contribution >= 4 is 10.8 Å². The highest BCUT2D eigenvalue weighted by atomic mass is 16.5. The van der Waals surface area contributed by atoms with Crippen LogP contribution in [0.25, 0.3) is 10.8 Å². The van der Waals surface area contributed by atoms with E-state index in [0.29, 0.717) is 26.4 Å². The van der Waals surface area contributed by atoms with E-state index in [4.69, 9.17) is 20.9 Å². The van der Waals surface area contributed by atoms with Gasteiger partial charge in [0, 0.05) is 0 Å². The van der Waals surface area contributed by atoms with Crippen LogP contribution in [-0.2, 0) is 22.7 Å². The number of fused-ring (bicyclic) bond motifs is 1. The van der Waals surface area contributed by atoms with Crippen LogP contribution in [0.4, 0.5) is 0 Å². The summed E-state index contributed by atoms with van der Waals surface area (Å²) in [6.07, 6.45) is 0. The zero-order valence-electron chi connectivity index (χ0n) is 18.2. The van der Waals surface area contributed by atoms with Gasteiger partial charge in [-0.2, -0.15) is 0 Å². The Bertz CT molecular complexity index is 1030. The minimum Gasteiger partial charge on any atom is -0.375 e. The maximum absolute atomic E-state index is 6.23. The van der Waals surface area contributed by atoms with Crippen molar-refractivity contribution in [3.8, 4) is 0 Å². The lowest BCUT2D eigenvalue weighted by molar-refractivity contribution is 0.108. The van der Waals surface area contributed by atoms with Gasteiger partial charge in [-0.3, -0.25) is 0 Å². The SMILES string of the molecule is N[C@H](COCc1ccc2ccc(COC[C@@H](N)c3ccccc3)cc2c1)c1ccccc1. The van der Waals surface area contributed by atoms with Crippen molar-refractivity contribution in [2.24, 2.45) is 11.5 Å². The smallest absolute Gasteiger partial charge is 0.0718 e. The summed E-state index contributed by atoms with van der Waals surface area (Å²) in [5, 5.41) is 2.37. The van der Waals surface area contributed by atoms with Crippen LogP contribution >= 0.6 is 0 Å². The lowest BCUT2D eigenvalue weighted by Crippen LogP contribution is -2.17. The van der Waals surface area contributed by atoms with E-state index >= 15 is 0 Å². The maximum Gasteiger partial charge on any atom is 0.0718 e. The molecule has 0 heterocycles. The molecule has 4 rings (SSSR count). The molecule has 0 saturated carbocycles. The first kappa shape index (κ1) is 22.2. The first-order chi connectivity index (χ1) is 15.7. The van der Waals surface area contributed by atoms with E-state index in [1.807, 2.05) is 60.7 Å². The number of nitrogens with two attached hydrogens (primary N) is 2. The highest BCUT2D eigenvalue weighted by Gasteiger charge is 2.07. The summed E-state index contributed by atoms with van der Waals surface area (Å²) < 4.78 is 11.8. The van der Waals surface area contributed by atoms with Gasteiger partial charge in [0.05, 0.1) is 38.5 Å². The standard InChI is InChI=1S/C28H30N2O2/c29-27(24-7-3-1-4-8-24)19-31-17-21-11-13-23-14-12-22(16-26(23)15-21)18-32-20-28(30)25-9-5-2-6-10-25/h1-16,27-28H,17-20,29-30H2/t27-,28-/m1/s1. The Balaban J connectivity index is 1.31. The fourth-order valence-electron chi connectivity index (χ4n) is 3.73. The topological polar surface area (TPSA) is 70.5 Å². The second kappa shape index (κ2) is 11.0. The molecule has 0 fully saturated rings. The maximum atomic E-state index is 6.23. The quantitative estimate of drug-likeness (QED) is 0.362. The van der Waals surface area contributed by atoms with Gasteiger partial charge in [0.2, 0.25) is 0 Å². The third kappa shape index (κ3) is 6.02. The predicted molar refractivity (Wildman–Crippen MR) is 130 cm³/mol. The van der Waals surface area contributed by atoms with Gasteiger partial charge in [0.25, 0.3) is 0 Å². The van der Waals surface area contributed by atoms with Crippen molar-refractivity contribution in [2.45, 2.75) is 25.3 Å². The van der Waals surface area contributed by atoms with Crippen LogP contribution in [-0.4, -0.2) is 13.2 Å².